The van der Waals surface area contributed by atoms with E-state index in [1.807, 2.05) is 6.07 Å². The number of Topliss-reactive ketones (excluding diaryl/α,β-unsaturated/α-hetero) is 1. The molecule has 1 aliphatic carbocycles. The number of aliphatic hydroxyl groups is 1. The summed E-state index contributed by atoms with van der Waals surface area (Å²) in [6, 6.07) is 11.1. The minimum atomic E-state index is -4.62. The molecule has 1 unspecified atom stereocenters. The first kappa shape index (κ1) is 25.0. The number of alkyl halides is 3. The quantitative estimate of drug-likeness (QED) is 0.479. The van der Waals surface area contributed by atoms with Crippen molar-refractivity contribution in [3.8, 4) is 6.07 Å². The molecule has 0 radical (unpaired) electrons. The molecule has 36 heavy (non-hydrogen) atoms. The van der Waals surface area contributed by atoms with Crippen LogP contribution in [0.5, 0.6) is 0 Å². The molecule has 9 heteroatoms. The Labute approximate surface area is 206 Å². The third-order valence-electron chi connectivity index (χ3n) is 6.63. The Hall–Kier alpha value is -4.06. The highest BCUT2D eigenvalue weighted by Crippen LogP contribution is 2.44. The van der Waals surface area contributed by atoms with Crippen LogP contribution in [0.2, 0.25) is 0 Å². The topological polar surface area (TPSA) is 84.6 Å². The number of carbonyl (C=O) groups excluding carboxylic acids is 2. The van der Waals surface area contributed by atoms with Crippen LogP contribution in [0.25, 0.3) is 0 Å². The highest BCUT2D eigenvalue weighted by atomic mass is 19.4. The zero-order chi connectivity index (χ0) is 26.2. The fraction of sp³-hybridized carbons (Fsp3) is 0.296. The molecule has 186 valence electrons. The van der Waals surface area contributed by atoms with Crippen LogP contribution in [0, 0.1) is 17.2 Å². The zero-order valence-corrected chi connectivity index (χ0v) is 19.5. The molecular weight excluding hydrogens is 471 g/mol. The fourth-order valence-electron chi connectivity index (χ4n) is 4.63. The van der Waals surface area contributed by atoms with E-state index >= 15 is 0 Å². The number of anilines is 1. The SMILES string of the molecule is C=C(O)CN1C(=O)N(c2cccc(C(F)(F)F)c2)C(C)=C(C(=O)C2CCC2)C1c1ccc(C#N)cc1. The van der Waals surface area contributed by atoms with E-state index in [1.54, 1.807) is 31.2 Å². The number of ketones is 1. The van der Waals surface area contributed by atoms with Gasteiger partial charge in [-0.15, -0.1) is 0 Å². The minimum Gasteiger partial charge on any atom is -0.511 e. The second kappa shape index (κ2) is 9.53. The van der Waals surface area contributed by atoms with Crippen molar-refractivity contribution >= 4 is 17.5 Å². The summed E-state index contributed by atoms with van der Waals surface area (Å²) in [5.74, 6) is -0.793. The van der Waals surface area contributed by atoms with Gasteiger partial charge < -0.3 is 10.0 Å². The van der Waals surface area contributed by atoms with E-state index in [0.29, 0.717) is 24.0 Å². The number of halogens is 3. The third-order valence-corrected chi connectivity index (χ3v) is 6.63. The lowest BCUT2D eigenvalue weighted by Gasteiger charge is -2.44. The molecule has 2 aliphatic rings. The maximum Gasteiger partial charge on any atom is 0.416 e. The monoisotopic (exact) mass is 495 g/mol. The first-order valence-corrected chi connectivity index (χ1v) is 11.4. The van der Waals surface area contributed by atoms with E-state index in [1.165, 1.54) is 17.0 Å². The van der Waals surface area contributed by atoms with Gasteiger partial charge in [-0.05, 0) is 55.7 Å². The van der Waals surface area contributed by atoms with Crippen LogP contribution in [0.3, 0.4) is 0 Å². The van der Waals surface area contributed by atoms with Gasteiger partial charge in [-0.1, -0.05) is 31.2 Å². The predicted octanol–water partition coefficient (Wildman–Crippen LogP) is 6.28. The number of hydrogen-bond donors (Lipinski definition) is 1. The number of amides is 2. The van der Waals surface area contributed by atoms with E-state index in [2.05, 4.69) is 6.58 Å². The third kappa shape index (κ3) is 4.59. The van der Waals surface area contributed by atoms with Gasteiger partial charge >= 0.3 is 12.2 Å². The van der Waals surface area contributed by atoms with Crippen molar-refractivity contribution in [2.75, 3.05) is 11.4 Å². The Kier molecular flexibility index (Phi) is 6.63. The predicted molar refractivity (Wildman–Crippen MR) is 127 cm³/mol. The molecule has 0 spiro atoms. The normalized spacial score (nSPS) is 18.6. The number of carbonyl (C=O) groups is 2. The van der Waals surface area contributed by atoms with Crippen molar-refractivity contribution in [3.63, 3.8) is 0 Å². The molecule has 6 nitrogen and oxygen atoms in total. The van der Waals surface area contributed by atoms with Gasteiger partial charge in [0, 0.05) is 17.2 Å². The van der Waals surface area contributed by atoms with Gasteiger partial charge in [-0.2, -0.15) is 18.4 Å². The standard InChI is InChI=1S/C27H24F3N3O3/c1-16(34)15-32-24(19-11-9-18(14-31)10-12-19)23(25(35)20-5-3-6-20)17(2)33(26(32)36)22-8-4-7-21(13-22)27(28,29)30/h4,7-13,20,24,34H,1,3,5-6,15H2,2H3. The van der Waals surface area contributed by atoms with Gasteiger partial charge in [0.1, 0.15) is 5.76 Å². The molecule has 4 rings (SSSR count). The molecule has 1 aliphatic heterocycles. The summed E-state index contributed by atoms with van der Waals surface area (Å²) < 4.78 is 40.3. The zero-order valence-electron chi connectivity index (χ0n) is 19.5. The molecule has 2 aromatic rings. The minimum absolute atomic E-state index is 0.0435. The van der Waals surface area contributed by atoms with Crippen molar-refractivity contribution in [2.45, 2.75) is 38.4 Å². The van der Waals surface area contributed by atoms with Crippen LogP contribution in [-0.2, 0) is 11.0 Å². The van der Waals surface area contributed by atoms with Crippen molar-refractivity contribution in [1.82, 2.24) is 4.90 Å². The average molecular weight is 496 g/mol. The molecule has 0 bridgehead atoms. The number of rotatable bonds is 6. The number of urea groups is 1. The molecule has 2 amide bonds. The van der Waals surface area contributed by atoms with Crippen molar-refractivity contribution in [1.29, 1.82) is 5.26 Å². The van der Waals surface area contributed by atoms with Crippen LogP contribution in [-0.4, -0.2) is 28.4 Å². The summed E-state index contributed by atoms with van der Waals surface area (Å²) in [7, 11) is 0. The molecule has 1 saturated carbocycles. The van der Waals surface area contributed by atoms with E-state index in [-0.39, 0.29) is 41.0 Å². The molecule has 1 heterocycles. The van der Waals surface area contributed by atoms with E-state index in [4.69, 9.17) is 0 Å². The largest absolute Gasteiger partial charge is 0.511 e. The Morgan fingerprint density at radius 2 is 1.86 bits per heavy atom. The second-order valence-electron chi connectivity index (χ2n) is 8.99. The van der Waals surface area contributed by atoms with Crippen LogP contribution < -0.4 is 4.90 Å². The number of allylic oxidation sites excluding steroid dienone is 1. The second-order valence-corrected chi connectivity index (χ2v) is 8.99. The van der Waals surface area contributed by atoms with E-state index in [0.717, 1.165) is 23.5 Å². The number of hydrogen-bond acceptors (Lipinski definition) is 4. The summed E-state index contributed by atoms with van der Waals surface area (Å²) >= 11 is 0. The van der Waals surface area contributed by atoms with Gasteiger partial charge in [0.05, 0.1) is 35.5 Å². The molecule has 1 atom stereocenters. The van der Waals surface area contributed by atoms with E-state index in [9.17, 15) is 33.1 Å². The van der Waals surface area contributed by atoms with Gasteiger partial charge in [-0.3, -0.25) is 9.69 Å². The lowest BCUT2D eigenvalue weighted by atomic mass is 9.76. The van der Waals surface area contributed by atoms with Crippen molar-refractivity contribution in [2.24, 2.45) is 5.92 Å². The molecule has 2 aromatic carbocycles. The highest BCUT2D eigenvalue weighted by molar-refractivity contribution is 6.06. The Bertz CT molecular complexity index is 1290. The molecule has 1 fully saturated rings. The van der Waals surface area contributed by atoms with Gasteiger partial charge in [0.2, 0.25) is 0 Å². The molecular formula is C27H24F3N3O3. The lowest BCUT2D eigenvalue weighted by molar-refractivity contribution is -0.137. The first-order valence-electron chi connectivity index (χ1n) is 11.4. The fourth-order valence-corrected chi connectivity index (χ4v) is 4.63. The molecule has 0 saturated heterocycles. The summed E-state index contributed by atoms with van der Waals surface area (Å²) in [6.07, 6.45) is -2.38. The van der Waals surface area contributed by atoms with Gasteiger partial charge in [0.25, 0.3) is 0 Å². The number of aliphatic hydroxyl groups excluding tert-OH is 1. The Balaban J connectivity index is 1.94. The Morgan fingerprint density at radius 1 is 1.19 bits per heavy atom. The van der Waals surface area contributed by atoms with Crippen LogP contribution in [0.1, 0.15) is 48.9 Å². The van der Waals surface area contributed by atoms with Gasteiger partial charge in [0.15, 0.2) is 5.78 Å². The smallest absolute Gasteiger partial charge is 0.416 e. The van der Waals surface area contributed by atoms with Gasteiger partial charge in [-0.25, -0.2) is 4.79 Å². The summed E-state index contributed by atoms with van der Waals surface area (Å²) in [4.78, 5) is 29.8. The number of benzene rings is 2. The summed E-state index contributed by atoms with van der Waals surface area (Å²) in [5, 5.41) is 19.2. The lowest BCUT2D eigenvalue weighted by Crippen LogP contribution is -2.52. The average Bonchev–Trinajstić information content (AvgIpc) is 2.79. The highest BCUT2D eigenvalue weighted by Gasteiger charge is 2.45. The molecule has 0 aromatic heterocycles. The summed E-state index contributed by atoms with van der Waals surface area (Å²) in [5.41, 5.74) is 0.442. The molecule has 1 N–H and O–H groups in total. The number of nitriles is 1. The van der Waals surface area contributed by atoms with Crippen molar-refractivity contribution < 1.29 is 27.9 Å². The Morgan fingerprint density at radius 3 is 2.39 bits per heavy atom. The summed E-state index contributed by atoms with van der Waals surface area (Å²) in [6.45, 7) is 4.69. The van der Waals surface area contributed by atoms with Crippen LogP contribution >= 0.6 is 0 Å². The maximum absolute atomic E-state index is 13.8. The van der Waals surface area contributed by atoms with Crippen LogP contribution in [0.4, 0.5) is 23.7 Å². The van der Waals surface area contributed by atoms with Crippen molar-refractivity contribution in [3.05, 3.63) is 88.8 Å². The maximum atomic E-state index is 13.8. The number of nitrogens with zero attached hydrogens (tertiary/aromatic N) is 3. The first-order chi connectivity index (χ1) is 17.0. The van der Waals surface area contributed by atoms with Crippen LogP contribution in [0.15, 0.2) is 72.1 Å². The van der Waals surface area contributed by atoms with E-state index < -0.39 is 23.8 Å².